The number of piperidine rings is 1. The normalized spacial score (nSPS) is 21.4. The molecule has 2 aromatic rings. The molecule has 4 rings (SSSR count). The summed E-state index contributed by atoms with van der Waals surface area (Å²) in [6, 6.07) is 7.58. The Labute approximate surface area is 141 Å². The average molecular weight is 322 g/mol. The van der Waals surface area contributed by atoms with E-state index in [2.05, 4.69) is 20.6 Å². The van der Waals surface area contributed by atoms with Gasteiger partial charge in [-0.25, -0.2) is 0 Å². The SMILES string of the molecule is O=C(NCC1CC12CCNCC2)c1ccc(-c2cccnc2)cn1. The van der Waals surface area contributed by atoms with E-state index in [1.165, 1.54) is 19.3 Å². The topological polar surface area (TPSA) is 66.9 Å². The molecule has 5 nitrogen and oxygen atoms in total. The predicted molar refractivity (Wildman–Crippen MR) is 92.4 cm³/mol. The zero-order chi connectivity index (χ0) is 16.4. The van der Waals surface area contributed by atoms with Crippen LogP contribution in [-0.2, 0) is 0 Å². The third-order valence-electron chi connectivity index (χ3n) is 5.46. The lowest BCUT2D eigenvalue weighted by molar-refractivity contribution is 0.0944. The van der Waals surface area contributed by atoms with Crippen molar-refractivity contribution in [2.45, 2.75) is 19.3 Å². The highest BCUT2D eigenvalue weighted by Gasteiger charge is 2.53. The van der Waals surface area contributed by atoms with Crippen LogP contribution in [0.1, 0.15) is 29.8 Å². The summed E-state index contributed by atoms with van der Waals surface area (Å²) in [4.78, 5) is 20.7. The number of nitrogens with zero attached hydrogens (tertiary/aromatic N) is 2. The second-order valence-electron chi connectivity index (χ2n) is 6.90. The zero-order valence-corrected chi connectivity index (χ0v) is 13.7. The van der Waals surface area contributed by atoms with Crippen molar-refractivity contribution in [3.63, 3.8) is 0 Å². The first kappa shape index (κ1) is 15.3. The van der Waals surface area contributed by atoms with Gasteiger partial charge >= 0.3 is 0 Å². The Balaban J connectivity index is 1.34. The van der Waals surface area contributed by atoms with Crippen LogP contribution in [0, 0.1) is 11.3 Å². The molecule has 1 saturated heterocycles. The molecule has 1 aliphatic carbocycles. The quantitative estimate of drug-likeness (QED) is 0.906. The molecule has 2 aromatic heterocycles. The highest BCUT2D eigenvalue weighted by molar-refractivity contribution is 5.92. The molecule has 1 amide bonds. The lowest BCUT2D eigenvalue weighted by Crippen LogP contribution is -2.32. The van der Waals surface area contributed by atoms with Gasteiger partial charge in [0, 0.05) is 36.3 Å². The van der Waals surface area contributed by atoms with Gasteiger partial charge in [0.1, 0.15) is 5.69 Å². The molecule has 2 fully saturated rings. The number of rotatable bonds is 4. The summed E-state index contributed by atoms with van der Waals surface area (Å²) in [5.41, 5.74) is 2.94. The summed E-state index contributed by atoms with van der Waals surface area (Å²) in [7, 11) is 0. The van der Waals surface area contributed by atoms with Crippen LogP contribution in [0.2, 0.25) is 0 Å². The number of pyridine rings is 2. The first-order chi connectivity index (χ1) is 11.8. The molecule has 1 saturated carbocycles. The molecule has 1 unspecified atom stereocenters. The van der Waals surface area contributed by atoms with Crippen LogP contribution in [0.3, 0.4) is 0 Å². The van der Waals surface area contributed by atoms with Crippen molar-refractivity contribution < 1.29 is 4.79 Å². The van der Waals surface area contributed by atoms with Crippen LogP contribution >= 0.6 is 0 Å². The van der Waals surface area contributed by atoms with Crippen LogP contribution in [0.25, 0.3) is 11.1 Å². The monoisotopic (exact) mass is 322 g/mol. The van der Waals surface area contributed by atoms with E-state index in [9.17, 15) is 4.79 Å². The number of amides is 1. The second-order valence-corrected chi connectivity index (χ2v) is 6.90. The molecular formula is C19H22N4O. The largest absolute Gasteiger partial charge is 0.350 e. The van der Waals surface area contributed by atoms with E-state index in [4.69, 9.17) is 0 Å². The molecule has 1 aliphatic heterocycles. The van der Waals surface area contributed by atoms with Gasteiger partial charge in [-0.3, -0.25) is 14.8 Å². The van der Waals surface area contributed by atoms with Crippen LogP contribution in [0.4, 0.5) is 0 Å². The van der Waals surface area contributed by atoms with Gasteiger partial charge in [0.15, 0.2) is 0 Å². The average Bonchev–Trinajstić information content (AvgIpc) is 3.32. The van der Waals surface area contributed by atoms with Crippen LogP contribution in [0.15, 0.2) is 42.9 Å². The van der Waals surface area contributed by atoms with Crippen molar-refractivity contribution in [1.29, 1.82) is 0 Å². The third-order valence-corrected chi connectivity index (χ3v) is 5.46. The molecular weight excluding hydrogens is 300 g/mol. The molecule has 1 spiro atoms. The first-order valence-electron chi connectivity index (χ1n) is 8.62. The Morgan fingerprint density at radius 2 is 2.04 bits per heavy atom. The van der Waals surface area contributed by atoms with Crippen LogP contribution in [-0.4, -0.2) is 35.5 Å². The number of hydrogen-bond acceptors (Lipinski definition) is 4. The Morgan fingerprint density at radius 3 is 2.75 bits per heavy atom. The maximum atomic E-state index is 12.3. The van der Waals surface area contributed by atoms with Gasteiger partial charge in [-0.1, -0.05) is 12.1 Å². The summed E-state index contributed by atoms with van der Waals surface area (Å²) in [6.45, 7) is 2.99. The lowest BCUT2D eigenvalue weighted by atomic mass is 9.92. The Morgan fingerprint density at radius 1 is 1.21 bits per heavy atom. The van der Waals surface area contributed by atoms with E-state index in [0.717, 1.165) is 30.8 Å². The fourth-order valence-corrected chi connectivity index (χ4v) is 3.80. The summed E-state index contributed by atoms with van der Waals surface area (Å²) in [5.74, 6) is 0.557. The summed E-state index contributed by atoms with van der Waals surface area (Å²) < 4.78 is 0. The zero-order valence-electron chi connectivity index (χ0n) is 13.7. The molecule has 5 heteroatoms. The Hall–Kier alpha value is -2.27. The molecule has 124 valence electrons. The molecule has 2 aliphatic rings. The van der Waals surface area contributed by atoms with Gasteiger partial charge in [0.05, 0.1) is 0 Å². The van der Waals surface area contributed by atoms with Gasteiger partial charge in [0.2, 0.25) is 0 Å². The number of carbonyl (C=O) groups is 1. The first-order valence-corrected chi connectivity index (χ1v) is 8.62. The molecule has 3 heterocycles. The summed E-state index contributed by atoms with van der Waals surface area (Å²) in [6.07, 6.45) is 9.00. The van der Waals surface area contributed by atoms with Crippen molar-refractivity contribution >= 4 is 5.91 Å². The maximum Gasteiger partial charge on any atom is 0.269 e. The van der Waals surface area contributed by atoms with Gasteiger partial charge in [-0.2, -0.15) is 0 Å². The minimum Gasteiger partial charge on any atom is -0.350 e. The van der Waals surface area contributed by atoms with Gasteiger partial charge in [-0.05, 0) is 55.8 Å². The van der Waals surface area contributed by atoms with Crippen molar-refractivity contribution in [3.05, 3.63) is 48.5 Å². The van der Waals surface area contributed by atoms with Gasteiger partial charge in [0.25, 0.3) is 5.91 Å². The van der Waals surface area contributed by atoms with Crippen LogP contribution in [0.5, 0.6) is 0 Å². The minimum absolute atomic E-state index is 0.0799. The fraction of sp³-hybridized carbons (Fsp3) is 0.421. The molecule has 0 radical (unpaired) electrons. The number of nitrogens with one attached hydrogen (secondary N) is 2. The molecule has 2 N–H and O–H groups in total. The number of aromatic nitrogens is 2. The van der Waals surface area contributed by atoms with Crippen LogP contribution < -0.4 is 10.6 Å². The van der Waals surface area contributed by atoms with Crippen molar-refractivity contribution in [2.24, 2.45) is 11.3 Å². The molecule has 0 aromatic carbocycles. The van der Waals surface area contributed by atoms with E-state index in [0.29, 0.717) is 17.0 Å². The third kappa shape index (κ3) is 3.04. The number of carbonyl (C=O) groups excluding carboxylic acids is 1. The van der Waals surface area contributed by atoms with Crippen molar-refractivity contribution in [3.8, 4) is 11.1 Å². The molecule has 24 heavy (non-hydrogen) atoms. The summed E-state index contributed by atoms with van der Waals surface area (Å²) >= 11 is 0. The minimum atomic E-state index is -0.0799. The fourth-order valence-electron chi connectivity index (χ4n) is 3.80. The highest BCUT2D eigenvalue weighted by Crippen LogP contribution is 2.58. The van der Waals surface area contributed by atoms with E-state index in [-0.39, 0.29) is 5.91 Å². The lowest BCUT2D eigenvalue weighted by Gasteiger charge is -2.23. The smallest absolute Gasteiger partial charge is 0.269 e. The Kier molecular flexibility index (Phi) is 4.02. The summed E-state index contributed by atoms with van der Waals surface area (Å²) in [5, 5.41) is 6.47. The van der Waals surface area contributed by atoms with Crippen molar-refractivity contribution in [1.82, 2.24) is 20.6 Å². The molecule has 0 bridgehead atoms. The number of hydrogen-bond donors (Lipinski definition) is 2. The van der Waals surface area contributed by atoms with E-state index >= 15 is 0 Å². The van der Waals surface area contributed by atoms with E-state index in [1.54, 1.807) is 24.7 Å². The maximum absolute atomic E-state index is 12.3. The second kappa shape index (κ2) is 6.32. The standard InChI is InChI=1S/C19H22N4O/c24-18(23-13-16-10-19(16)5-8-20-9-6-19)17-4-3-15(12-22-17)14-2-1-7-21-11-14/h1-4,7,11-12,16,20H,5-6,8-10,13H2,(H,23,24). The van der Waals surface area contributed by atoms with Gasteiger partial charge < -0.3 is 10.6 Å². The van der Waals surface area contributed by atoms with E-state index < -0.39 is 0 Å². The molecule has 1 atom stereocenters. The predicted octanol–water partition coefficient (Wildman–Crippen LogP) is 2.26. The van der Waals surface area contributed by atoms with Crippen molar-refractivity contribution in [2.75, 3.05) is 19.6 Å². The van der Waals surface area contributed by atoms with E-state index in [1.807, 2.05) is 18.2 Å². The highest BCUT2D eigenvalue weighted by atomic mass is 16.1. The van der Waals surface area contributed by atoms with Gasteiger partial charge in [-0.15, -0.1) is 0 Å². The Bertz CT molecular complexity index is 708.